The molecule has 0 radical (unpaired) electrons. The molecule has 2 N–H and O–H groups in total. The Morgan fingerprint density at radius 3 is 2.76 bits per heavy atom. The van der Waals surface area contributed by atoms with Crippen molar-refractivity contribution in [3.05, 3.63) is 24.0 Å². The van der Waals surface area contributed by atoms with Crippen molar-refractivity contribution in [3.63, 3.8) is 0 Å². The van der Waals surface area contributed by atoms with E-state index >= 15 is 0 Å². The summed E-state index contributed by atoms with van der Waals surface area (Å²) in [6, 6.07) is 4.78. The molecule has 0 unspecified atom stereocenters. The first-order chi connectivity index (χ1) is 8.20. The normalized spacial score (nSPS) is 24.4. The van der Waals surface area contributed by atoms with Crippen LogP contribution in [0.25, 0.3) is 0 Å². The van der Waals surface area contributed by atoms with Gasteiger partial charge in [0.1, 0.15) is 0 Å². The zero-order valence-corrected chi connectivity index (χ0v) is 9.95. The molecule has 0 aromatic heterocycles. The van der Waals surface area contributed by atoms with Gasteiger partial charge >= 0.3 is 0 Å². The van der Waals surface area contributed by atoms with Gasteiger partial charge in [-0.3, -0.25) is 0 Å². The van der Waals surface area contributed by atoms with Gasteiger partial charge in [-0.1, -0.05) is 12.8 Å². The number of nitrogens with one attached hydrogen (secondary N) is 1. The van der Waals surface area contributed by atoms with Crippen molar-refractivity contribution in [2.75, 3.05) is 12.4 Å². The van der Waals surface area contributed by atoms with Crippen LogP contribution in [0.4, 0.5) is 10.1 Å². The van der Waals surface area contributed by atoms with E-state index in [1.807, 2.05) is 0 Å². The Labute approximate surface area is 101 Å². The molecule has 2 rings (SSSR count). The minimum atomic E-state index is -0.386. The van der Waals surface area contributed by atoms with Gasteiger partial charge in [-0.25, -0.2) is 4.39 Å². The lowest BCUT2D eigenvalue weighted by Crippen LogP contribution is -2.36. The molecule has 1 aliphatic carbocycles. The minimum absolute atomic E-state index is 0.0246. The van der Waals surface area contributed by atoms with Crippen molar-refractivity contribution < 1.29 is 14.2 Å². The second kappa shape index (κ2) is 5.36. The van der Waals surface area contributed by atoms with Crippen LogP contribution in [-0.2, 0) is 0 Å². The molecule has 1 fully saturated rings. The third-order valence-corrected chi connectivity index (χ3v) is 3.23. The SMILES string of the molecule is COc1ccc(N[C@H]2CCCC[C@@H]2O)cc1F. The van der Waals surface area contributed by atoms with Crippen molar-refractivity contribution >= 4 is 5.69 Å². The molecule has 17 heavy (non-hydrogen) atoms. The van der Waals surface area contributed by atoms with Gasteiger partial charge < -0.3 is 15.2 Å². The third kappa shape index (κ3) is 2.88. The number of hydrogen-bond donors (Lipinski definition) is 2. The van der Waals surface area contributed by atoms with Crippen LogP contribution >= 0.6 is 0 Å². The van der Waals surface area contributed by atoms with Gasteiger partial charge in [0, 0.05) is 11.8 Å². The van der Waals surface area contributed by atoms with Crippen molar-refractivity contribution in [1.29, 1.82) is 0 Å². The second-order valence-electron chi connectivity index (χ2n) is 4.45. The molecular formula is C13H18FNO2. The van der Waals surface area contributed by atoms with E-state index in [0.29, 0.717) is 5.69 Å². The Balaban J connectivity index is 2.05. The fraction of sp³-hybridized carbons (Fsp3) is 0.538. The largest absolute Gasteiger partial charge is 0.494 e. The maximum atomic E-state index is 13.5. The van der Waals surface area contributed by atoms with E-state index in [9.17, 15) is 9.50 Å². The van der Waals surface area contributed by atoms with E-state index in [4.69, 9.17) is 4.74 Å². The number of rotatable bonds is 3. The highest BCUT2D eigenvalue weighted by Gasteiger charge is 2.22. The highest BCUT2D eigenvalue weighted by atomic mass is 19.1. The van der Waals surface area contributed by atoms with Gasteiger partial charge in [0.25, 0.3) is 0 Å². The molecule has 1 aliphatic rings. The number of anilines is 1. The third-order valence-electron chi connectivity index (χ3n) is 3.23. The summed E-state index contributed by atoms with van der Waals surface area (Å²) in [5, 5.41) is 13.0. The van der Waals surface area contributed by atoms with Crippen molar-refractivity contribution in [2.24, 2.45) is 0 Å². The Morgan fingerprint density at radius 1 is 1.35 bits per heavy atom. The number of hydrogen-bond acceptors (Lipinski definition) is 3. The molecule has 94 valence electrons. The van der Waals surface area contributed by atoms with Crippen LogP contribution in [0.5, 0.6) is 5.75 Å². The molecule has 1 aromatic carbocycles. The predicted molar refractivity (Wildman–Crippen MR) is 64.8 cm³/mol. The number of benzene rings is 1. The Hall–Kier alpha value is -1.29. The highest BCUT2D eigenvalue weighted by Crippen LogP contribution is 2.25. The number of methoxy groups -OCH3 is 1. The van der Waals surface area contributed by atoms with Gasteiger partial charge in [-0.2, -0.15) is 0 Å². The first-order valence-electron chi connectivity index (χ1n) is 5.99. The smallest absolute Gasteiger partial charge is 0.167 e. The average Bonchev–Trinajstić information content (AvgIpc) is 2.32. The molecular weight excluding hydrogens is 221 g/mol. The monoisotopic (exact) mass is 239 g/mol. The van der Waals surface area contributed by atoms with Crippen LogP contribution in [0.2, 0.25) is 0 Å². The molecule has 3 nitrogen and oxygen atoms in total. The van der Waals surface area contributed by atoms with E-state index < -0.39 is 0 Å². The van der Waals surface area contributed by atoms with Crippen molar-refractivity contribution in [1.82, 2.24) is 0 Å². The molecule has 1 saturated carbocycles. The predicted octanol–water partition coefficient (Wildman–Crippen LogP) is 2.55. The summed E-state index contributed by atoms with van der Waals surface area (Å²) >= 11 is 0. The summed E-state index contributed by atoms with van der Waals surface area (Å²) < 4.78 is 18.3. The lowest BCUT2D eigenvalue weighted by Gasteiger charge is -2.29. The first-order valence-corrected chi connectivity index (χ1v) is 5.99. The fourth-order valence-electron chi connectivity index (χ4n) is 2.25. The summed E-state index contributed by atoms with van der Waals surface area (Å²) in [6.45, 7) is 0. The molecule has 0 spiro atoms. The Bertz CT molecular complexity index is 384. The molecule has 0 amide bonds. The second-order valence-corrected chi connectivity index (χ2v) is 4.45. The van der Waals surface area contributed by atoms with Crippen LogP contribution in [0.1, 0.15) is 25.7 Å². The van der Waals surface area contributed by atoms with Crippen molar-refractivity contribution in [2.45, 2.75) is 37.8 Å². The molecule has 0 bridgehead atoms. The number of aliphatic hydroxyl groups excluding tert-OH is 1. The quantitative estimate of drug-likeness (QED) is 0.851. The van der Waals surface area contributed by atoms with Crippen LogP contribution in [0, 0.1) is 5.82 Å². The summed E-state index contributed by atoms with van der Waals surface area (Å²) in [5.74, 6) is -0.150. The van der Waals surface area contributed by atoms with Gasteiger partial charge in [0.15, 0.2) is 11.6 Å². The zero-order valence-electron chi connectivity index (χ0n) is 9.95. The molecule has 0 aliphatic heterocycles. The van der Waals surface area contributed by atoms with E-state index in [1.165, 1.54) is 13.2 Å². The van der Waals surface area contributed by atoms with E-state index in [1.54, 1.807) is 12.1 Å². The molecule has 0 saturated heterocycles. The standard InChI is InChI=1S/C13H18FNO2/c1-17-13-7-6-9(8-10(13)14)15-11-4-2-3-5-12(11)16/h6-8,11-12,15-16H,2-5H2,1H3/t11-,12-/m0/s1. The summed E-state index contributed by atoms with van der Waals surface area (Å²) in [4.78, 5) is 0. The van der Waals surface area contributed by atoms with E-state index in [0.717, 1.165) is 25.7 Å². The zero-order chi connectivity index (χ0) is 12.3. The van der Waals surface area contributed by atoms with Crippen molar-refractivity contribution in [3.8, 4) is 5.75 Å². The Morgan fingerprint density at radius 2 is 2.12 bits per heavy atom. The highest BCUT2D eigenvalue weighted by molar-refractivity contribution is 5.48. The average molecular weight is 239 g/mol. The summed E-state index contributed by atoms with van der Waals surface area (Å²) in [6.07, 6.45) is 3.57. The summed E-state index contributed by atoms with van der Waals surface area (Å²) in [7, 11) is 1.44. The van der Waals surface area contributed by atoms with Crippen LogP contribution < -0.4 is 10.1 Å². The number of halogens is 1. The topological polar surface area (TPSA) is 41.5 Å². The molecule has 0 heterocycles. The molecule has 4 heteroatoms. The molecule has 1 aromatic rings. The van der Waals surface area contributed by atoms with Gasteiger partial charge in [0.05, 0.1) is 19.3 Å². The van der Waals surface area contributed by atoms with Gasteiger partial charge in [0.2, 0.25) is 0 Å². The Kier molecular flexibility index (Phi) is 3.84. The first kappa shape index (κ1) is 12.2. The van der Waals surface area contributed by atoms with Gasteiger partial charge in [-0.05, 0) is 25.0 Å². The summed E-state index contributed by atoms with van der Waals surface area (Å²) in [5.41, 5.74) is 0.689. The lowest BCUT2D eigenvalue weighted by atomic mass is 9.92. The van der Waals surface area contributed by atoms with Gasteiger partial charge in [-0.15, -0.1) is 0 Å². The van der Waals surface area contributed by atoms with E-state index in [-0.39, 0.29) is 23.7 Å². The van der Waals surface area contributed by atoms with E-state index in [2.05, 4.69) is 5.32 Å². The lowest BCUT2D eigenvalue weighted by molar-refractivity contribution is 0.116. The van der Waals surface area contributed by atoms with Crippen LogP contribution in [-0.4, -0.2) is 24.4 Å². The minimum Gasteiger partial charge on any atom is -0.494 e. The fourth-order valence-corrected chi connectivity index (χ4v) is 2.25. The maximum Gasteiger partial charge on any atom is 0.167 e. The molecule has 2 atom stereocenters. The number of ether oxygens (including phenoxy) is 1. The van der Waals surface area contributed by atoms with Crippen LogP contribution in [0.3, 0.4) is 0 Å². The maximum absolute atomic E-state index is 13.5. The number of aliphatic hydroxyl groups is 1. The van der Waals surface area contributed by atoms with Crippen LogP contribution in [0.15, 0.2) is 18.2 Å².